The molecule has 0 aliphatic heterocycles. The van der Waals surface area contributed by atoms with Gasteiger partial charge in [0.1, 0.15) is 0 Å². The second-order valence-electron chi connectivity index (χ2n) is 9.85. The van der Waals surface area contributed by atoms with Crippen LogP contribution in [-0.4, -0.2) is 21.9 Å². The number of hydrogen-bond acceptors (Lipinski definition) is 2. The Morgan fingerprint density at radius 3 is 2.32 bits per heavy atom. The van der Waals surface area contributed by atoms with Gasteiger partial charge in [-0.2, -0.15) is 0 Å². The smallest absolute Gasteiger partial charge is 0.0675 e. The molecule has 0 saturated heterocycles. The first kappa shape index (κ1) is 15.4. The van der Waals surface area contributed by atoms with Crippen LogP contribution >= 0.6 is 0 Å². The van der Waals surface area contributed by atoms with E-state index < -0.39 is 5.60 Å². The van der Waals surface area contributed by atoms with Gasteiger partial charge in [-0.05, 0) is 99.2 Å². The zero-order chi connectivity index (χ0) is 15.8. The molecule has 4 fully saturated rings. The fourth-order valence-corrected chi connectivity index (χ4v) is 7.48. The number of rotatable bonds is 0. The second kappa shape index (κ2) is 4.72. The van der Waals surface area contributed by atoms with Crippen LogP contribution in [0.1, 0.15) is 78.6 Å². The molecular weight excluding hydrogens is 272 g/mol. The van der Waals surface area contributed by atoms with Crippen molar-refractivity contribution < 1.29 is 10.2 Å². The summed E-state index contributed by atoms with van der Waals surface area (Å²) >= 11 is 0. The fraction of sp³-hybridized carbons (Fsp3) is 1.00. The molecule has 0 heterocycles. The molecule has 0 spiro atoms. The highest BCUT2D eigenvalue weighted by Crippen LogP contribution is 2.68. The van der Waals surface area contributed by atoms with E-state index in [9.17, 15) is 10.2 Å². The van der Waals surface area contributed by atoms with Crippen molar-refractivity contribution >= 4 is 0 Å². The Bertz CT molecular complexity index is 459. The fourth-order valence-electron chi connectivity index (χ4n) is 7.48. The average molecular weight is 306 g/mol. The molecule has 2 N–H and O–H groups in total. The van der Waals surface area contributed by atoms with E-state index in [1.807, 2.05) is 0 Å². The molecule has 0 aromatic rings. The molecule has 4 rings (SSSR count). The molecule has 0 amide bonds. The van der Waals surface area contributed by atoms with Crippen molar-refractivity contribution in [3.05, 3.63) is 0 Å². The summed E-state index contributed by atoms with van der Waals surface area (Å²) in [6, 6.07) is 0. The third-order valence-corrected chi connectivity index (χ3v) is 9.20. The van der Waals surface area contributed by atoms with E-state index in [4.69, 9.17) is 0 Å². The minimum Gasteiger partial charge on any atom is -0.393 e. The van der Waals surface area contributed by atoms with Crippen molar-refractivity contribution in [2.45, 2.75) is 90.3 Å². The Morgan fingerprint density at radius 2 is 1.55 bits per heavy atom. The summed E-state index contributed by atoms with van der Waals surface area (Å²) in [5.41, 5.74) is 0.145. The van der Waals surface area contributed by atoms with Gasteiger partial charge in [0, 0.05) is 0 Å². The van der Waals surface area contributed by atoms with Crippen LogP contribution < -0.4 is 0 Å². The lowest BCUT2D eigenvalue weighted by Crippen LogP contribution is -2.56. The molecular formula is C20H34O2. The van der Waals surface area contributed by atoms with E-state index in [-0.39, 0.29) is 11.5 Å². The molecule has 2 heteroatoms. The molecule has 0 radical (unpaired) electrons. The molecule has 0 bridgehead atoms. The first-order valence-corrected chi connectivity index (χ1v) is 9.68. The summed E-state index contributed by atoms with van der Waals surface area (Å²) < 4.78 is 0. The van der Waals surface area contributed by atoms with Crippen molar-refractivity contribution in [3.63, 3.8) is 0 Å². The molecule has 126 valence electrons. The van der Waals surface area contributed by atoms with Crippen LogP contribution in [-0.2, 0) is 0 Å². The maximum Gasteiger partial charge on any atom is 0.0675 e. The van der Waals surface area contributed by atoms with Crippen molar-refractivity contribution in [1.29, 1.82) is 0 Å². The van der Waals surface area contributed by atoms with E-state index in [2.05, 4.69) is 20.8 Å². The van der Waals surface area contributed by atoms with Gasteiger partial charge in [-0.3, -0.25) is 0 Å². The molecule has 4 saturated carbocycles. The minimum atomic E-state index is -0.455. The lowest BCUT2D eigenvalue weighted by Gasteiger charge is -2.61. The van der Waals surface area contributed by atoms with Crippen molar-refractivity contribution in [2.75, 3.05) is 0 Å². The predicted molar refractivity (Wildman–Crippen MR) is 88.4 cm³/mol. The molecule has 2 nitrogen and oxygen atoms in total. The summed E-state index contributed by atoms with van der Waals surface area (Å²) in [6.45, 7) is 7.01. The van der Waals surface area contributed by atoms with Gasteiger partial charge in [0.05, 0.1) is 11.7 Å². The third-order valence-electron chi connectivity index (χ3n) is 9.20. The Morgan fingerprint density at radius 1 is 0.818 bits per heavy atom. The van der Waals surface area contributed by atoms with E-state index in [0.717, 1.165) is 42.9 Å². The maximum absolute atomic E-state index is 10.9. The van der Waals surface area contributed by atoms with Gasteiger partial charge in [0.2, 0.25) is 0 Å². The van der Waals surface area contributed by atoms with E-state index in [1.165, 1.54) is 38.5 Å². The van der Waals surface area contributed by atoms with Crippen LogP contribution in [0.15, 0.2) is 0 Å². The van der Waals surface area contributed by atoms with E-state index in [1.54, 1.807) is 0 Å². The number of aliphatic hydroxyl groups excluding tert-OH is 1. The van der Waals surface area contributed by atoms with Gasteiger partial charge in [-0.25, -0.2) is 0 Å². The van der Waals surface area contributed by atoms with Crippen LogP contribution in [0, 0.1) is 34.5 Å². The van der Waals surface area contributed by atoms with Crippen LogP contribution in [0.4, 0.5) is 0 Å². The van der Waals surface area contributed by atoms with Crippen molar-refractivity contribution in [3.8, 4) is 0 Å². The molecule has 0 aromatic carbocycles. The topological polar surface area (TPSA) is 40.5 Å². The highest BCUT2D eigenvalue weighted by molar-refractivity contribution is 5.12. The first-order chi connectivity index (χ1) is 10.3. The van der Waals surface area contributed by atoms with Gasteiger partial charge in [-0.1, -0.05) is 13.8 Å². The van der Waals surface area contributed by atoms with Crippen LogP contribution in [0.5, 0.6) is 0 Å². The average Bonchev–Trinajstić information content (AvgIpc) is 2.70. The first-order valence-electron chi connectivity index (χ1n) is 9.68. The Kier molecular flexibility index (Phi) is 3.32. The molecule has 22 heavy (non-hydrogen) atoms. The molecule has 0 aromatic heterocycles. The molecule has 3 unspecified atom stereocenters. The zero-order valence-corrected chi connectivity index (χ0v) is 14.6. The SMILES string of the molecule is C[C@]1(O)CCC2C3CC[C@@H]4C[C@@H](O)CC[C@]4(C)C3CC[C@@]21C. The van der Waals surface area contributed by atoms with Gasteiger partial charge in [0.15, 0.2) is 0 Å². The Balaban J connectivity index is 1.64. The third kappa shape index (κ3) is 1.86. The summed E-state index contributed by atoms with van der Waals surface area (Å²) in [5, 5.41) is 21.0. The zero-order valence-electron chi connectivity index (χ0n) is 14.6. The summed E-state index contributed by atoms with van der Waals surface area (Å²) in [7, 11) is 0. The van der Waals surface area contributed by atoms with Gasteiger partial charge in [0.25, 0.3) is 0 Å². The second-order valence-corrected chi connectivity index (χ2v) is 9.85. The van der Waals surface area contributed by atoms with Crippen LogP contribution in [0.25, 0.3) is 0 Å². The number of hydrogen-bond donors (Lipinski definition) is 2. The molecule has 4 aliphatic carbocycles. The Hall–Kier alpha value is -0.0800. The molecule has 8 atom stereocenters. The van der Waals surface area contributed by atoms with E-state index >= 15 is 0 Å². The van der Waals surface area contributed by atoms with Crippen molar-refractivity contribution in [1.82, 2.24) is 0 Å². The monoisotopic (exact) mass is 306 g/mol. The predicted octanol–water partition coefficient (Wildman–Crippen LogP) is 4.14. The maximum atomic E-state index is 10.9. The normalized spacial score (nSPS) is 61.2. The van der Waals surface area contributed by atoms with Gasteiger partial charge >= 0.3 is 0 Å². The summed E-state index contributed by atoms with van der Waals surface area (Å²) in [5.74, 6) is 3.13. The van der Waals surface area contributed by atoms with Crippen molar-refractivity contribution in [2.24, 2.45) is 34.5 Å². The number of aliphatic hydroxyl groups is 2. The van der Waals surface area contributed by atoms with E-state index in [0.29, 0.717) is 5.41 Å². The summed E-state index contributed by atoms with van der Waals surface area (Å²) in [4.78, 5) is 0. The number of fused-ring (bicyclic) bond motifs is 5. The Labute approximate surface area is 135 Å². The van der Waals surface area contributed by atoms with Crippen LogP contribution in [0.2, 0.25) is 0 Å². The quantitative estimate of drug-likeness (QED) is 0.706. The molecule has 4 aliphatic rings. The van der Waals surface area contributed by atoms with Gasteiger partial charge < -0.3 is 10.2 Å². The summed E-state index contributed by atoms with van der Waals surface area (Å²) in [6.07, 6.45) is 10.6. The lowest BCUT2D eigenvalue weighted by molar-refractivity contribution is -0.153. The largest absolute Gasteiger partial charge is 0.393 e. The highest BCUT2D eigenvalue weighted by Gasteiger charge is 2.63. The minimum absolute atomic E-state index is 0.0457. The lowest BCUT2D eigenvalue weighted by atomic mass is 9.44. The highest BCUT2D eigenvalue weighted by atomic mass is 16.3. The van der Waals surface area contributed by atoms with Crippen LogP contribution in [0.3, 0.4) is 0 Å². The standard InChI is InChI=1S/C20H34O2/c1-18-9-6-14(21)12-13(18)4-5-15-16(18)7-10-19(2)17(15)8-11-20(19,3)22/h13-17,21-22H,4-12H2,1-3H3/t13-,14+,15?,16?,17?,18+,19+,20+/m1/s1. The van der Waals surface area contributed by atoms with Gasteiger partial charge in [-0.15, -0.1) is 0 Å².